The van der Waals surface area contributed by atoms with Gasteiger partial charge in [-0.25, -0.2) is 4.79 Å². The third kappa shape index (κ3) is 3.33. The molecule has 0 aromatic heterocycles. The molecule has 0 aromatic carbocycles. The summed E-state index contributed by atoms with van der Waals surface area (Å²) in [5.74, 6) is 0.448. The molecule has 0 spiro atoms. The van der Waals surface area contributed by atoms with E-state index in [1.165, 1.54) is 0 Å². The van der Waals surface area contributed by atoms with Crippen molar-refractivity contribution in [3.63, 3.8) is 0 Å². The minimum atomic E-state index is -0.318. The highest BCUT2D eigenvalue weighted by Gasteiger charge is 2.29. The maximum absolute atomic E-state index is 10.9. The second-order valence-corrected chi connectivity index (χ2v) is 5.32. The lowest BCUT2D eigenvalue weighted by Gasteiger charge is -2.33. The molecule has 1 heterocycles. The molecule has 98 valence electrons. The summed E-state index contributed by atoms with van der Waals surface area (Å²) in [4.78, 5) is 10.9. The van der Waals surface area contributed by atoms with Crippen LogP contribution in [0.2, 0.25) is 0 Å². The first-order chi connectivity index (χ1) is 8.16. The molecule has 0 bridgehead atoms. The van der Waals surface area contributed by atoms with E-state index in [9.17, 15) is 9.90 Å². The van der Waals surface area contributed by atoms with E-state index < -0.39 is 0 Å². The molecule has 1 saturated carbocycles. The van der Waals surface area contributed by atoms with Gasteiger partial charge in [-0.3, -0.25) is 0 Å². The summed E-state index contributed by atoms with van der Waals surface area (Å²) < 4.78 is 0. The fourth-order valence-electron chi connectivity index (χ4n) is 2.93. The van der Waals surface area contributed by atoms with Gasteiger partial charge in [-0.05, 0) is 31.6 Å². The topological polar surface area (TPSA) is 87.4 Å². The van der Waals surface area contributed by atoms with Crippen LogP contribution < -0.4 is 16.4 Å². The Kier molecular flexibility index (Phi) is 4.23. The van der Waals surface area contributed by atoms with Crippen molar-refractivity contribution >= 4 is 6.03 Å². The molecule has 5 N–H and O–H groups in total. The predicted molar refractivity (Wildman–Crippen MR) is 65.5 cm³/mol. The lowest BCUT2D eigenvalue weighted by Crippen LogP contribution is -2.44. The number of nitrogens with one attached hydrogen (secondary N) is 2. The fourth-order valence-corrected chi connectivity index (χ4v) is 2.93. The zero-order valence-electron chi connectivity index (χ0n) is 10.2. The van der Waals surface area contributed by atoms with Gasteiger partial charge in [-0.15, -0.1) is 0 Å². The first-order valence-electron chi connectivity index (χ1n) is 6.65. The van der Waals surface area contributed by atoms with Crippen LogP contribution in [0.15, 0.2) is 0 Å². The maximum atomic E-state index is 10.9. The lowest BCUT2D eigenvalue weighted by molar-refractivity contribution is 0.0723. The molecule has 17 heavy (non-hydrogen) atoms. The summed E-state index contributed by atoms with van der Waals surface area (Å²) in [6.45, 7) is 0.734. The summed E-state index contributed by atoms with van der Waals surface area (Å²) in [5.41, 5.74) is 6.01. The maximum Gasteiger partial charge on any atom is 0.315 e. The molecular weight excluding hydrogens is 218 g/mol. The predicted octanol–water partition coefficient (Wildman–Crippen LogP) is 0.326. The number of carbonyl (C=O) groups is 1. The first kappa shape index (κ1) is 12.6. The zero-order chi connectivity index (χ0) is 12.3. The Balaban J connectivity index is 1.66. The fraction of sp³-hybridized carbons (Fsp3) is 0.917. The van der Waals surface area contributed by atoms with Crippen molar-refractivity contribution in [1.29, 1.82) is 0 Å². The minimum Gasteiger partial charge on any atom is -0.392 e. The molecule has 0 aromatic rings. The monoisotopic (exact) mass is 241 g/mol. The van der Waals surface area contributed by atoms with Gasteiger partial charge in [-0.2, -0.15) is 0 Å². The van der Waals surface area contributed by atoms with E-state index in [2.05, 4.69) is 10.6 Å². The van der Waals surface area contributed by atoms with Gasteiger partial charge in [-0.1, -0.05) is 12.8 Å². The van der Waals surface area contributed by atoms with Gasteiger partial charge >= 0.3 is 6.03 Å². The Labute approximate surface area is 102 Å². The van der Waals surface area contributed by atoms with E-state index in [0.29, 0.717) is 5.92 Å². The van der Waals surface area contributed by atoms with Crippen LogP contribution in [0, 0.1) is 5.92 Å². The number of hydrogen-bond donors (Lipinski definition) is 4. The van der Waals surface area contributed by atoms with Crippen molar-refractivity contribution in [2.75, 3.05) is 6.54 Å². The minimum absolute atomic E-state index is 0.0555. The lowest BCUT2D eigenvalue weighted by atomic mass is 9.80. The van der Waals surface area contributed by atoms with Crippen molar-refractivity contribution in [3.8, 4) is 0 Å². The zero-order valence-corrected chi connectivity index (χ0v) is 10.2. The van der Waals surface area contributed by atoms with Gasteiger partial charge in [0.25, 0.3) is 0 Å². The van der Waals surface area contributed by atoms with Crippen molar-refractivity contribution in [1.82, 2.24) is 10.6 Å². The van der Waals surface area contributed by atoms with Crippen LogP contribution in [0.5, 0.6) is 0 Å². The van der Waals surface area contributed by atoms with Crippen LogP contribution in [0.1, 0.15) is 38.5 Å². The number of amides is 2. The van der Waals surface area contributed by atoms with Gasteiger partial charge in [0, 0.05) is 18.6 Å². The van der Waals surface area contributed by atoms with Crippen LogP contribution in [0.3, 0.4) is 0 Å². The van der Waals surface area contributed by atoms with Crippen LogP contribution >= 0.6 is 0 Å². The average molecular weight is 241 g/mol. The number of rotatable bonds is 4. The Morgan fingerprint density at radius 3 is 2.88 bits per heavy atom. The number of aliphatic hydroxyl groups excluding tert-OH is 1. The second-order valence-electron chi connectivity index (χ2n) is 5.32. The first-order valence-corrected chi connectivity index (χ1v) is 6.65. The van der Waals surface area contributed by atoms with Crippen LogP contribution in [0.25, 0.3) is 0 Å². The van der Waals surface area contributed by atoms with Crippen molar-refractivity contribution in [3.05, 3.63) is 0 Å². The van der Waals surface area contributed by atoms with Gasteiger partial charge in [0.15, 0.2) is 0 Å². The molecular formula is C12H23N3O2. The SMILES string of the molecule is NC1C(O)CCCC1CCCC1CNC(=O)N1. The van der Waals surface area contributed by atoms with E-state index in [4.69, 9.17) is 5.73 Å². The third-order valence-corrected chi connectivity index (χ3v) is 4.04. The van der Waals surface area contributed by atoms with E-state index in [1.54, 1.807) is 0 Å². The molecule has 5 nitrogen and oxygen atoms in total. The highest BCUT2D eigenvalue weighted by Crippen LogP contribution is 2.27. The standard InChI is InChI=1S/C12H23N3O2/c13-11-8(4-2-6-10(11)16)3-1-5-9-7-14-12(17)15-9/h8-11,16H,1-7,13H2,(H2,14,15,17). The normalized spacial score (nSPS) is 37.6. The molecule has 2 aliphatic rings. The molecule has 4 unspecified atom stereocenters. The van der Waals surface area contributed by atoms with E-state index in [1.807, 2.05) is 0 Å². The van der Waals surface area contributed by atoms with Crippen LogP contribution in [0.4, 0.5) is 4.79 Å². The summed E-state index contributed by atoms with van der Waals surface area (Å²) in [6.07, 6.45) is 5.87. The quantitative estimate of drug-likeness (QED) is 0.572. The third-order valence-electron chi connectivity index (χ3n) is 4.04. The Morgan fingerprint density at radius 2 is 2.18 bits per heavy atom. The highest BCUT2D eigenvalue weighted by atomic mass is 16.3. The number of aliphatic hydroxyl groups is 1. The summed E-state index contributed by atoms with van der Waals surface area (Å²) >= 11 is 0. The molecule has 5 heteroatoms. The molecule has 0 radical (unpaired) electrons. The van der Waals surface area contributed by atoms with Gasteiger partial charge in [0.1, 0.15) is 0 Å². The molecule has 4 atom stereocenters. The molecule has 2 fully saturated rings. The smallest absolute Gasteiger partial charge is 0.315 e. The van der Waals surface area contributed by atoms with E-state index >= 15 is 0 Å². The summed E-state index contributed by atoms with van der Waals surface area (Å²) in [6, 6.07) is 0.159. The highest BCUT2D eigenvalue weighted by molar-refractivity contribution is 5.76. The Hall–Kier alpha value is -0.810. The van der Waals surface area contributed by atoms with E-state index in [-0.39, 0.29) is 24.2 Å². The van der Waals surface area contributed by atoms with Crippen LogP contribution in [-0.4, -0.2) is 35.9 Å². The van der Waals surface area contributed by atoms with E-state index in [0.717, 1.165) is 45.1 Å². The number of carbonyl (C=O) groups excluding carboxylic acids is 1. The molecule has 1 saturated heterocycles. The largest absolute Gasteiger partial charge is 0.392 e. The number of urea groups is 1. The average Bonchev–Trinajstić information content (AvgIpc) is 2.70. The summed E-state index contributed by atoms with van der Waals surface area (Å²) in [7, 11) is 0. The van der Waals surface area contributed by atoms with Crippen molar-refractivity contribution in [2.24, 2.45) is 11.7 Å². The van der Waals surface area contributed by atoms with Crippen molar-refractivity contribution < 1.29 is 9.90 Å². The van der Waals surface area contributed by atoms with Gasteiger partial charge in [0.05, 0.1) is 6.10 Å². The Morgan fingerprint density at radius 1 is 1.35 bits per heavy atom. The second kappa shape index (κ2) is 5.69. The molecule has 2 rings (SSSR count). The van der Waals surface area contributed by atoms with Crippen LogP contribution in [-0.2, 0) is 0 Å². The van der Waals surface area contributed by atoms with Gasteiger partial charge in [0.2, 0.25) is 0 Å². The van der Waals surface area contributed by atoms with Gasteiger partial charge < -0.3 is 21.5 Å². The van der Waals surface area contributed by atoms with Crippen molar-refractivity contribution in [2.45, 2.75) is 56.7 Å². The molecule has 2 amide bonds. The molecule has 1 aliphatic heterocycles. The number of nitrogens with two attached hydrogens (primary N) is 1. The number of hydrogen-bond acceptors (Lipinski definition) is 3. The Bertz CT molecular complexity index is 272. The molecule has 1 aliphatic carbocycles. The summed E-state index contributed by atoms with van der Waals surface area (Å²) in [5, 5.41) is 15.3.